The Balaban J connectivity index is 0.00000208. The standard InChI is InChI=1S/C16H20BrN5S.HI/c1-18-16(20-12-13-5-6-14(17)23-13)22-10-8-21(9-11-22)15-4-2-3-7-19-15;/h2-7H,8-12H2,1H3,(H,18,20);1H. The minimum absolute atomic E-state index is 0. The summed E-state index contributed by atoms with van der Waals surface area (Å²) in [6.45, 7) is 4.63. The van der Waals surface area contributed by atoms with Crippen LogP contribution in [0, 0.1) is 0 Å². The predicted octanol–water partition coefficient (Wildman–Crippen LogP) is 3.42. The maximum Gasteiger partial charge on any atom is 0.194 e. The van der Waals surface area contributed by atoms with E-state index in [9.17, 15) is 0 Å². The first-order valence-corrected chi connectivity index (χ1v) is 9.23. The monoisotopic (exact) mass is 521 g/mol. The number of aliphatic imine (C=N–C) groups is 1. The van der Waals surface area contributed by atoms with Crippen molar-refractivity contribution >= 4 is 63.0 Å². The molecule has 0 saturated carbocycles. The van der Waals surface area contributed by atoms with E-state index in [1.54, 1.807) is 11.3 Å². The fourth-order valence-electron chi connectivity index (χ4n) is 2.63. The number of thiophene rings is 1. The molecule has 0 unspecified atom stereocenters. The molecule has 3 heterocycles. The van der Waals surface area contributed by atoms with E-state index in [4.69, 9.17) is 0 Å². The summed E-state index contributed by atoms with van der Waals surface area (Å²) in [5, 5.41) is 3.45. The second-order valence-corrected chi connectivity index (χ2v) is 7.82. The Labute approximate surface area is 172 Å². The predicted molar refractivity (Wildman–Crippen MR) is 116 cm³/mol. The van der Waals surface area contributed by atoms with Crippen LogP contribution in [0.1, 0.15) is 4.88 Å². The lowest BCUT2D eigenvalue weighted by Gasteiger charge is -2.37. The molecule has 130 valence electrons. The van der Waals surface area contributed by atoms with Crippen molar-refractivity contribution < 1.29 is 0 Å². The highest BCUT2D eigenvalue weighted by Crippen LogP contribution is 2.21. The zero-order chi connectivity index (χ0) is 16.1. The number of piperazine rings is 1. The van der Waals surface area contributed by atoms with Gasteiger partial charge in [0.1, 0.15) is 5.82 Å². The Bertz CT molecular complexity index is 655. The van der Waals surface area contributed by atoms with Gasteiger partial charge in [-0.05, 0) is 40.2 Å². The lowest BCUT2D eigenvalue weighted by molar-refractivity contribution is 0.371. The summed E-state index contributed by atoms with van der Waals surface area (Å²) in [6.07, 6.45) is 1.85. The topological polar surface area (TPSA) is 43.8 Å². The molecule has 0 aliphatic carbocycles. The molecule has 0 radical (unpaired) electrons. The maximum absolute atomic E-state index is 4.43. The second-order valence-electron chi connectivity index (χ2n) is 5.27. The molecule has 0 amide bonds. The van der Waals surface area contributed by atoms with Gasteiger partial charge in [-0.2, -0.15) is 0 Å². The van der Waals surface area contributed by atoms with Gasteiger partial charge in [0.15, 0.2) is 5.96 Å². The minimum Gasteiger partial charge on any atom is -0.353 e. The molecule has 8 heteroatoms. The number of rotatable bonds is 3. The van der Waals surface area contributed by atoms with Gasteiger partial charge in [-0.1, -0.05) is 6.07 Å². The van der Waals surface area contributed by atoms with E-state index in [0.717, 1.165) is 48.3 Å². The van der Waals surface area contributed by atoms with Crippen molar-refractivity contribution in [1.82, 2.24) is 15.2 Å². The molecule has 24 heavy (non-hydrogen) atoms. The van der Waals surface area contributed by atoms with Crippen LogP contribution < -0.4 is 10.2 Å². The van der Waals surface area contributed by atoms with Gasteiger partial charge in [0.25, 0.3) is 0 Å². The van der Waals surface area contributed by atoms with Crippen LogP contribution in [-0.2, 0) is 6.54 Å². The fraction of sp³-hybridized carbons (Fsp3) is 0.375. The van der Waals surface area contributed by atoms with E-state index < -0.39 is 0 Å². The Morgan fingerprint density at radius 3 is 2.62 bits per heavy atom. The zero-order valence-electron chi connectivity index (χ0n) is 13.5. The third-order valence-corrected chi connectivity index (χ3v) is 5.44. The Kier molecular flexibility index (Phi) is 7.76. The van der Waals surface area contributed by atoms with E-state index in [-0.39, 0.29) is 24.0 Å². The van der Waals surface area contributed by atoms with Gasteiger partial charge in [-0.3, -0.25) is 4.99 Å². The van der Waals surface area contributed by atoms with Crippen molar-refractivity contribution in [1.29, 1.82) is 0 Å². The van der Waals surface area contributed by atoms with Crippen molar-refractivity contribution in [2.24, 2.45) is 4.99 Å². The summed E-state index contributed by atoms with van der Waals surface area (Å²) in [5.41, 5.74) is 0. The fourth-order valence-corrected chi connectivity index (χ4v) is 4.06. The molecular formula is C16H21BrIN5S. The molecule has 0 atom stereocenters. The van der Waals surface area contributed by atoms with E-state index in [0.29, 0.717) is 0 Å². The third kappa shape index (κ3) is 5.06. The van der Waals surface area contributed by atoms with Crippen LogP contribution in [0.25, 0.3) is 0 Å². The SMILES string of the molecule is CN=C(NCc1ccc(Br)s1)N1CCN(c2ccccn2)CC1.I. The van der Waals surface area contributed by atoms with Gasteiger partial charge in [-0.25, -0.2) is 4.98 Å². The highest BCUT2D eigenvalue weighted by Gasteiger charge is 2.20. The van der Waals surface area contributed by atoms with Crippen LogP contribution in [0.5, 0.6) is 0 Å². The molecule has 0 aromatic carbocycles. The number of pyridine rings is 1. The molecule has 2 aromatic rings. The molecule has 1 aliphatic rings. The summed E-state index contributed by atoms with van der Waals surface area (Å²) >= 11 is 5.25. The number of hydrogen-bond donors (Lipinski definition) is 1. The molecule has 0 bridgehead atoms. The van der Waals surface area contributed by atoms with Gasteiger partial charge in [0.05, 0.1) is 10.3 Å². The lowest BCUT2D eigenvalue weighted by atomic mass is 10.3. The van der Waals surface area contributed by atoms with Gasteiger partial charge in [0, 0.05) is 44.3 Å². The summed E-state index contributed by atoms with van der Waals surface area (Å²) in [4.78, 5) is 14.8. The molecule has 1 N–H and O–H groups in total. The number of nitrogens with one attached hydrogen (secondary N) is 1. The number of nitrogens with zero attached hydrogens (tertiary/aromatic N) is 4. The highest BCUT2D eigenvalue weighted by molar-refractivity contribution is 14.0. The van der Waals surface area contributed by atoms with Crippen molar-refractivity contribution in [3.8, 4) is 0 Å². The maximum atomic E-state index is 4.43. The molecule has 5 nitrogen and oxygen atoms in total. The largest absolute Gasteiger partial charge is 0.353 e. The Hall–Kier alpha value is -0.870. The molecule has 3 rings (SSSR count). The first-order valence-electron chi connectivity index (χ1n) is 7.62. The number of hydrogen-bond acceptors (Lipinski definition) is 4. The van der Waals surface area contributed by atoms with E-state index in [2.05, 4.69) is 59.2 Å². The van der Waals surface area contributed by atoms with Crippen LogP contribution in [0.15, 0.2) is 45.3 Å². The molecular weight excluding hydrogens is 501 g/mol. The molecule has 1 aliphatic heterocycles. The summed E-state index contributed by atoms with van der Waals surface area (Å²) < 4.78 is 1.16. The van der Waals surface area contributed by atoms with E-state index in [1.807, 2.05) is 25.4 Å². The number of halogens is 2. The van der Waals surface area contributed by atoms with Crippen molar-refractivity contribution in [2.75, 3.05) is 38.1 Å². The number of guanidine groups is 1. The van der Waals surface area contributed by atoms with Gasteiger partial charge in [0.2, 0.25) is 0 Å². The molecule has 2 aromatic heterocycles. The zero-order valence-corrected chi connectivity index (χ0v) is 18.2. The number of aromatic nitrogens is 1. The normalized spacial score (nSPS) is 15.2. The summed E-state index contributed by atoms with van der Waals surface area (Å²) in [5.74, 6) is 2.02. The van der Waals surface area contributed by atoms with Crippen LogP contribution in [0.4, 0.5) is 5.82 Å². The first kappa shape index (κ1) is 19.5. The van der Waals surface area contributed by atoms with Crippen molar-refractivity contribution in [3.63, 3.8) is 0 Å². The summed E-state index contributed by atoms with van der Waals surface area (Å²) in [7, 11) is 1.85. The number of anilines is 1. The summed E-state index contributed by atoms with van der Waals surface area (Å²) in [6, 6.07) is 10.3. The molecule has 0 spiro atoms. The second kappa shape index (κ2) is 9.57. The van der Waals surface area contributed by atoms with Crippen LogP contribution >= 0.6 is 51.2 Å². The van der Waals surface area contributed by atoms with Crippen LogP contribution in [0.3, 0.4) is 0 Å². The molecule has 1 saturated heterocycles. The quantitative estimate of drug-likeness (QED) is 0.382. The minimum atomic E-state index is 0. The van der Waals surface area contributed by atoms with Gasteiger partial charge >= 0.3 is 0 Å². The smallest absolute Gasteiger partial charge is 0.194 e. The van der Waals surface area contributed by atoms with E-state index in [1.165, 1.54) is 4.88 Å². The van der Waals surface area contributed by atoms with Crippen molar-refractivity contribution in [2.45, 2.75) is 6.54 Å². The van der Waals surface area contributed by atoms with E-state index >= 15 is 0 Å². The first-order chi connectivity index (χ1) is 11.3. The third-order valence-electron chi connectivity index (χ3n) is 3.81. The van der Waals surface area contributed by atoms with Crippen LogP contribution in [0.2, 0.25) is 0 Å². The Morgan fingerprint density at radius 1 is 1.25 bits per heavy atom. The average molecular weight is 522 g/mol. The van der Waals surface area contributed by atoms with Crippen molar-refractivity contribution in [3.05, 3.63) is 45.2 Å². The highest BCUT2D eigenvalue weighted by atomic mass is 127. The van der Waals surface area contributed by atoms with Gasteiger partial charge < -0.3 is 15.1 Å². The van der Waals surface area contributed by atoms with Crippen LogP contribution in [-0.4, -0.2) is 49.1 Å². The van der Waals surface area contributed by atoms with Gasteiger partial charge in [-0.15, -0.1) is 35.3 Å². The average Bonchev–Trinajstić information content (AvgIpc) is 3.02. The lowest BCUT2D eigenvalue weighted by Crippen LogP contribution is -2.52. The molecule has 1 fully saturated rings. The Morgan fingerprint density at radius 2 is 2.04 bits per heavy atom.